The summed E-state index contributed by atoms with van der Waals surface area (Å²) in [6, 6.07) is 18.9. The number of anilines is 1. The predicted octanol–water partition coefficient (Wildman–Crippen LogP) is 3.64. The lowest BCUT2D eigenvalue weighted by Crippen LogP contribution is -2.19. The van der Waals surface area contributed by atoms with E-state index in [4.69, 9.17) is 0 Å². The third-order valence-electron chi connectivity index (χ3n) is 3.28. The first-order chi connectivity index (χ1) is 9.43. The summed E-state index contributed by atoms with van der Waals surface area (Å²) in [6.45, 7) is 0.959. The van der Waals surface area contributed by atoms with E-state index in [0.29, 0.717) is 0 Å². The maximum atomic E-state index is 4.27. The zero-order chi connectivity index (χ0) is 12.9. The topological polar surface area (TPSA) is 15.6 Å². The maximum Gasteiger partial charge on any atom is 0.0495 e. The molecule has 0 atom stereocenters. The molecule has 1 heterocycles. The average molecular weight is 248 g/mol. The van der Waals surface area contributed by atoms with Gasteiger partial charge in [0.25, 0.3) is 0 Å². The summed E-state index contributed by atoms with van der Waals surface area (Å²) >= 11 is 0. The van der Waals surface area contributed by atoms with E-state index < -0.39 is 0 Å². The number of benzene rings is 2. The van der Waals surface area contributed by atoms with Crippen LogP contribution in [0.5, 0.6) is 0 Å². The van der Waals surface area contributed by atoms with Crippen LogP contribution in [0.25, 0.3) is 0 Å². The summed E-state index contributed by atoms with van der Waals surface area (Å²) in [5.74, 6) is 0. The summed E-state index contributed by atoms with van der Waals surface area (Å²) in [4.78, 5) is 6.53. The van der Waals surface area contributed by atoms with E-state index >= 15 is 0 Å². The Balaban J connectivity index is 1.79. The van der Waals surface area contributed by atoms with Gasteiger partial charge in [0.1, 0.15) is 0 Å². The molecule has 2 aromatic carbocycles. The average Bonchev–Trinajstić information content (AvgIpc) is 2.68. The third kappa shape index (κ3) is 2.74. The van der Waals surface area contributed by atoms with Crippen molar-refractivity contribution in [1.82, 2.24) is 0 Å². The molecule has 0 unspecified atom stereocenters. The predicted molar refractivity (Wildman–Crippen MR) is 80.7 cm³/mol. The highest BCUT2D eigenvalue weighted by Gasteiger charge is 2.09. The SMILES string of the molecule is C1=CN(CCc2ccccc2)c2ccccc2C=N1. The highest BCUT2D eigenvalue weighted by molar-refractivity contribution is 5.89. The van der Waals surface area contributed by atoms with Crippen LogP contribution in [-0.4, -0.2) is 12.8 Å². The van der Waals surface area contributed by atoms with Crippen LogP contribution < -0.4 is 4.90 Å². The van der Waals surface area contributed by atoms with Gasteiger partial charge in [-0.05, 0) is 18.1 Å². The van der Waals surface area contributed by atoms with Crippen LogP contribution in [-0.2, 0) is 6.42 Å². The molecule has 19 heavy (non-hydrogen) atoms. The molecule has 0 fully saturated rings. The van der Waals surface area contributed by atoms with Crippen LogP contribution >= 0.6 is 0 Å². The van der Waals surface area contributed by atoms with Gasteiger partial charge in [0.15, 0.2) is 0 Å². The molecule has 0 amide bonds. The van der Waals surface area contributed by atoms with Crippen LogP contribution in [0.1, 0.15) is 11.1 Å². The molecular formula is C17H16N2. The Morgan fingerprint density at radius 2 is 1.68 bits per heavy atom. The number of nitrogens with zero attached hydrogens (tertiary/aromatic N) is 2. The van der Waals surface area contributed by atoms with Crippen molar-refractivity contribution >= 4 is 11.9 Å². The van der Waals surface area contributed by atoms with Gasteiger partial charge in [0.2, 0.25) is 0 Å². The van der Waals surface area contributed by atoms with Gasteiger partial charge >= 0.3 is 0 Å². The van der Waals surface area contributed by atoms with Crippen molar-refractivity contribution in [2.75, 3.05) is 11.4 Å². The molecule has 2 aromatic rings. The van der Waals surface area contributed by atoms with Crippen LogP contribution in [0.4, 0.5) is 5.69 Å². The van der Waals surface area contributed by atoms with E-state index in [1.54, 1.807) is 0 Å². The van der Waals surface area contributed by atoms with Crippen molar-refractivity contribution in [3.05, 3.63) is 78.1 Å². The van der Waals surface area contributed by atoms with Gasteiger partial charge in [-0.2, -0.15) is 0 Å². The Hall–Kier alpha value is -2.35. The van der Waals surface area contributed by atoms with Crippen molar-refractivity contribution in [2.24, 2.45) is 4.99 Å². The molecular weight excluding hydrogens is 232 g/mol. The van der Waals surface area contributed by atoms with Crippen LogP contribution in [0, 0.1) is 0 Å². The van der Waals surface area contributed by atoms with Crippen LogP contribution in [0.15, 0.2) is 72.0 Å². The molecule has 0 saturated carbocycles. The minimum atomic E-state index is 0.959. The molecule has 3 rings (SSSR count). The summed E-state index contributed by atoms with van der Waals surface area (Å²) in [6.07, 6.45) is 6.84. The second-order valence-electron chi connectivity index (χ2n) is 4.56. The highest BCUT2D eigenvalue weighted by Crippen LogP contribution is 2.21. The highest BCUT2D eigenvalue weighted by atomic mass is 15.1. The van der Waals surface area contributed by atoms with Gasteiger partial charge in [-0.25, -0.2) is 0 Å². The van der Waals surface area contributed by atoms with Crippen molar-refractivity contribution < 1.29 is 0 Å². The van der Waals surface area contributed by atoms with Crippen molar-refractivity contribution in [1.29, 1.82) is 0 Å². The summed E-state index contributed by atoms with van der Waals surface area (Å²) in [5.41, 5.74) is 3.75. The maximum absolute atomic E-state index is 4.27. The third-order valence-corrected chi connectivity index (χ3v) is 3.28. The molecule has 0 saturated heterocycles. The number of para-hydroxylation sites is 1. The monoisotopic (exact) mass is 248 g/mol. The Morgan fingerprint density at radius 1 is 0.895 bits per heavy atom. The fourth-order valence-corrected chi connectivity index (χ4v) is 2.27. The molecule has 0 N–H and O–H groups in total. The minimum Gasteiger partial charge on any atom is -0.346 e. The van der Waals surface area contributed by atoms with Crippen molar-refractivity contribution in [3.63, 3.8) is 0 Å². The van der Waals surface area contributed by atoms with Gasteiger partial charge in [0.05, 0.1) is 0 Å². The van der Waals surface area contributed by atoms with Gasteiger partial charge in [-0.1, -0.05) is 48.5 Å². The van der Waals surface area contributed by atoms with E-state index in [2.05, 4.69) is 58.4 Å². The van der Waals surface area contributed by atoms with E-state index in [-0.39, 0.29) is 0 Å². The molecule has 94 valence electrons. The molecule has 1 aliphatic rings. The summed E-state index contributed by atoms with van der Waals surface area (Å²) in [7, 11) is 0. The van der Waals surface area contributed by atoms with Crippen molar-refractivity contribution in [2.45, 2.75) is 6.42 Å². The standard InChI is InChI=1S/C17H16N2/c1-2-6-15(7-3-1)10-12-19-13-11-18-14-16-8-4-5-9-17(16)19/h1-9,11,13-14H,10,12H2. The lowest BCUT2D eigenvalue weighted by molar-refractivity contribution is 0.907. The Kier molecular flexibility index (Phi) is 3.41. The Morgan fingerprint density at radius 3 is 2.58 bits per heavy atom. The normalized spacial score (nSPS) is 13.2. The molecule has 0 spiro atoms. The number of rotatable bonds is 3. The summed E-state index contributed by atoms with van der Waals surface area (Å²) in [5, 5.41) is 0. The quantitative estimate of drug-likeness (QED) is 0.809. The molecule has 0 aliphatic carbocycles. The second kappa shape index (κ2) is 5.53. The molecule has 2 heteroatoms. The Bertz CT molecular complexity index is 600. The number of aliphatic imine (C=N–C) groups is 1. The first kappa shape index (κ1) is 11.7. The molecule has 0 aromatic heterocycles. The van der Waals surface area contributed by atoms with Crippen LogP contribution in [0.3, 0.4) is 0 Å². The van der Waals surface area contributed by atoms with Gasteiger partial charge < -0.3 is 4.90 Å². The molecule has 0 bridgehead atoms. The van der Waals surface area contributed by atoms with E-state index in [0.717, 1.165) is 13.0 Å². The minimum absolute atomic E-state index is 0.959. The fraction of sp³-hybridized carbons (Fsp3) is 0.118. The zero-order valence-corrected chi connectivity index (χ0v) is 10.7. The van der Waals surface area contributed by atoms with E-state index in [9.17, 15) is 0 Å². The van der Waals surface area contributed by atoms with E-state index in [1.165, 1.54) is 16.8 Å². The number of fused-ring (bicyclic) bond motifs is 1. The summed E-state index contributed by atoms with van der Waals surface area (Å²) < 4.78 is 0. The van der Waals surface area contributed by atoms with Crippen LogP contribution in [0.2, 0.25) is 0 Å². The Labute approximate surface area is 113 Å². The lowest BCUT2D eigenvalue weighted by atomic mass is 10.1. The lowest BCUT2D eigenvalue weighted by Gasteiger charge is -2.21. The second-order valence-corrected chi connectivity index (χ2v) is 4.56. The fourth-order valence-electron chi connectivity index (χ4n) is 2.27. The van der Waals surface area contributed by atoms with Gasteiger partial charge in [-0.3, -0.25) is 4.99 Å². The molecule has 2 nitrogen and oxygen atoms in total. The molecule has 1 aliphatic heterocycles. The van der Waals surface area contributed by atoms with Crippen molar-refractivity contribution in [3.8, 4) is 0 Å². The first-order valence-corrected chi connectivity index (χ1v) is 6.53. The largest absolute Gasteiger partial charge is 0.346 e. The molecule has 0 radical (unpaired) electrons. The zero-order valence-electron chi connectivity index (χ0n) is 10.7. The number of hydrogen-bond acceptors (Lipinski definition) is 2. The van der Waals surface area contributed by atoms with E-state index in [1.807, 2.05) is 24.7 Å². The smallest absolute Gasteiger partial charge is 0.0495 e. The van der Waals surface area contributed by atoms with Gasteiger partial charge in [-0.15, -0.1) is 0 Å². The van der Waals surface area contributed by atoms with Gasteiger partial charge in [0, 0.05) is 36.4 Å². The number of hydrogen-bond donors (Lipinski definition) is 0. The first-order valence-electron chi connectivity index (χ1n) is 6.53.